The molecular weight excluding hydrogens is 1400 g/mol. The molecule has 0 aliphatic rings. The molecule has 0 rings (SSSR count). The molecule has 642 valence electrons. The van der Waals surface area contributed by atoms with E-state index in [0.717, 1.165) is 102 Å². The van der Waals surface area contributed by atoms with Crippen LogP contribution in [-0.2, 0) is 65.4 Å². The molecule has 0 radical (unpaired) electrons. The third-order valence-electron chi connectivity index (χ3n) is 21.3. The smallest absolute Gasteiger partial charge is 0.462 e. The minimum Gasteiger partial charge on any atom is -0.462 e. The van der Waals surface area contributed by atoms with E-state index in [1.165, 1.54) is 295 Å². The molecule has 0 spiro atoms. The first kappa shape index (κ1) is 106. The topological polar surface area (TPSA) is 237 Å². The standard InChI is InChI=1S/C89H174O17P2/c1-7-10-12-14-16-18-20-22-24-25-26-27-28-32-35-39-42-46-53-59-65-71-86(91)99-77-84(105-89(94)74-68-62-56-48-44-40-36-33-30-29-31-34-37-41-45-51-57-63-69-81(4)5)79-103-107(95,96)101-75-83(90)76-102-108(97,98)104-80-85(78-100-87(92)72-66-60-54-50-49-52-58-64-70-82(6)9-3)106-88(93)73-67-61-55-47-43-38-23-21-19-17-15-13-11-8-2/h81-85,90H,7-80H2,1-6H3,(H,95,96)(H,97,98)/t82?,83-,84-,85-/m1/s1. The summed E-state index contributed by atoms with van der Waals surface area (Å²) in [6.45, 7) is 9.73. The van der Waals surface area contributed by atoms with Gasteiger partial charge < -0.3 is 33.8 Å². The summed E-state index contributed by atoms with van der Waals surface area (Å²) in [6, 6.07) is 0. The summed E-state index contributed by atoms with van der Waals surface area (Å²) < 4.78 is 69.0. The van der Waals surface area contributed by atoms with Gasteiger partial charge in [0.1, 0.15) is 19.3 Å². The second-order valence-electron chi connectivity index (χ2n) is 32.7. The lowest BCUT2D eigenvalue weighted by molar-refractivity contribution is -0.161. The Morgan fingerprint density at radius 1 is 0.269 bits per heavy atom. The Labute approximate surface area is 664 Å². The van der Waals surface area contributed by atoms with Gasteiger partial charge in [-0.15, -0.1) is 0 Å². The van der Waals surface area contributed by atoms with Gasteiger partial charge in [0.2, 0.25) is 0 Å². The third-order valence-corrected chi connectivity index (χ3v) is 23.2. The van der Waals surface area contributed by atoms with E-state index in [0.29, 0.717) is 25.7 Å². The van der Waals surface area contributed by atoms with Gasteiger partial charge in [-0.2, -0.15) is 0 Å². The molecule has 3 N–H and O–H groups in total. The van der Waals surface area contributed by atoms with Gasteiger partial charge in [0, 0.05) is 25.7 Å². The lowest BCUT2D eigenvalue weighted by Gasteiger charge is -2.21. The molecule has 0 heterocycles. The predicted molar refractivity (Wildman–Crippen MR) is 446 cm³/mol. The number of hydrogen-bond donors (Lipinski definition) is 3. The molecule has 0 saturated heterocycles. The molecule has 0 aliphatic carbocycles. The first-order valence-corrected chi connectivity index (χ1v) is 49.0. The molecule has 0 bridgehead atoms. The summed E-state index contributed by atoms with van der Waals surface area (Å²) in [6.07, 6.45) is 73.6. The highest BCUT2D eigenvalue weighted by Gasteiger charge is 2.31. The third kappa shape index (κ3) is 80.7. The largest absolute Gasteiger partial charge is 0.472 e. The van der Waals surface area contributed by atoms with Gasteiger partial charge in [-0.05, 0) is 37.5 Å². The Balaban J connectivity index is 5.23. The van der Waals surface area contributed by atoms with E-state index in [-0.39, 0.29) is 25.7 Å². The molecule has 17 nitrogen and oxygen atoms in total. The SMILES string of the molecule is CCCCCCCCCCCCCCCCCCCCCCCC(=O)OC[C@H](COP(=O)(O)OC[C@@H](O)COP(=O)(O)OC[C@@H](COC(=O)CCCCCCCCCCC(C)CC)OC(=O)CCCCCCCCCCCCCCCC)OC(=O)CCCCCCCCCCCCCCCCCCCCC(C)C. The molecule has 0 amide bonds. The van der Waals surface area contributed by atoms with Gasteiger partial charge in [-0.25, -0.2) is 9.13 Å². The van der Waals surface area contributed by atoms with Crippen LogP contribution in [0.4, 0.5) is 0 Å². The number of carbonyl (C=O) groups is 4. The highest BCUT2D eigenvalue weighted by Crippen LogP contribution is 2.45. The normalized spacial score (nSPS) is 14.0. The van der Waals surface area contributed by atoms with Crippen molar-refractivity contribution < 1.29 is 80.2 Å². The van der Waals surface area contributed by atoms with Gasteiger partial charge in [0.05, 0.1) is 26.4 Å². The molecule has 0 aromatic heterocycles. The molecule has 0 aromatic carbocycles. The first-order chi connectivity index (χ1) is 52.4. The van der Waals surface area contributed by atoms with Crippen LogP contribution in [0, 0.1) is 11.8 Å². The number of aliphatic hydroxyl groups excluding tert-OH is 1. The van der Waals surface area contributed by atoms with E-state index < -0.39 is 97.5 Å². The van der Waals surface area contributed by atoms with Crippen molar-refractivity contribution in [1.82, 2.24) is 0 Å². The van der Waals surface area contributed by atoms with Crippen LogP contribution in [0.2, 0.25) is 0 Å². The number of ether oxygens (including phenoxy) is 4. The van der Waals surface area contributed by atoms with E-state index in [2.05, 4.69) is 41.5 Å². The summed E-state index contributed by atoms with van der Waals surface area (Å²) in [7, 11) is -9.93. The van der Waals surface area contributed by atoms with Crippen LogP contribution >= 0.6 is 15.6 Å². The van der Waals surface area contributed by atoms with Crippen molar-refractivity contribution in [3.63, 3.8) is 0 Å². The highest BCUT2D eigenvalue weighted by molar-refractivity contribution is 7.47. The predicted octanol–water partition coefficient (Wildman–Crippen LogP) is 27.4. The number of phosphoric ester groups is 2. The number of carbonyl (C=O) groups excluding carboxylic acids is 4. The van der Waals surface area contributed by atoms with E-state index in [1.807, 2.05) is 0 Å². The fourth-order valence-electron chi connectivity index (χ4n) is 13.9. The van der Waals surface area contributed by atoms with Crippen LogP contribution in [0.15, 0.2) is 0 Å². The molecule has 0 aliphatic heterocycles. The van der Waals surface area contributed by atoms with E-state index in [9.17, 15) is 43.2 Å². The highest BCUT2D eigenvalue weighted by atomic mass is 31.2. The summed E-state index contributed by atoms with van der Waals surface area (Å²) >= 11 is 0. The minimum absolute atomic E-state index is 0.108. The molecule has 108 heavy (non-hydrogen) atoms. The van der Waals surface area contributed by atoms with Crippen molar-refractivity contribution in [2.75, 3.05) is 39.6 Å². The molecule has 6 atom stereocenters. The number of esters is 4. The fourth-order valence-corrected chi connectivity index (χ4v) is 15.5. The summed E-state index contributed by atoms with van der Waals surface area (Å²) in [5.41, 5.74) is 0. The minimum atomic E-state index is -4.97. The van der Waals surface area contributed by atoms with Crippen LogP contribution < -0.4 is 0 Å². The lowest BCUT2D eigenvalue weighted by Crippen LogP contribution is -2.30. The number of unbranched alkanes of at least 4 members (excludes halogenated alkanes) is 57. The quantitative estimate of drug-likeness (QED) is 0.0222. The van der Waals surface area contributed by atoms with E-state index >= 15 is 0 Å². The zero-order chi connectivity index (χ0) is 79.2. The maximum atomic E-state index is 13.2. The van der Waals surface area contributed by atoms with Crippen LogP contribution in [0.5, 0.6) is 0 Å². The van der Waals surface area contributed by atoms with Crippen LogP contribution in [0.25, 0.3) is 0 Å². The van der Waals surface area contributed by atoms with E-state index in [4.69, 9.17) is 37.0 Å². The van der Waals surface area contributed by atoms with E-state index in [1.54, 1.807) is 0 Å². The Kier molecular flexibility index (Phi) is 78.8. The molecule has 0 aromatic rings. The van der Waals surface area contributed by atoms with Gasteiger partial charge >= 0.3 is 39.5 Å². The Morgan fingerprint density at radius 2 is 0.472 bits per heavy atom. The van der Waals surface area contributed by atoms with Gasteiger partial charge in [0.15, 0.2) is 12.2 Å². The van der Waals surface area contributed by atoms with Gasteiger partial charge in [-0.3, -0.25) is 37.3 Å². The summed E-state index contributed by atoms with van der Waals surface area (Å²) in [4.78, 5) is 73.3. The number of phosphoric acid groups is 2. The van der Waals surface area contributed by atoms with Crippen LogP contribution in [0.3, 0.4) is 0 Å². The maximum absolute atomic E-state index is 13.2. The van der Waals surface area contributed by atoms with Crippen molar-refractivity contribution in [3.8, 4) is 0 Å². The second-order valence-corrected chi connectivity index (χ2v) is 35.6. The number of aliphatic hydroxyl groups is 1. The zero-order valence-electron chi connectivity index (χ0n) is 71.2. The molecule has 0 saturated carbocycles. The summed E-state index contributed by atoms with van der Waals surface area (Å²) in [5, 5.41) is 10.7. The lowest BCUT2D eigenvalue weighted by atomic mass is 9.99. The Morgan fingerprint density at radius 3 is 0.704 bits per heavy atom. The van der Waals surface area contributed by atoms with Crippen molar-refractivity contribution in [3.05, 3.63) is 0 Å². The number of rotatable bonds is 88. The average Bonchev–Trinajstić information content (AvgIpc) is 0.899. The average molecular weight is 1580 g/mol. The van der Waals surface area contributed by atoms with Crippen LogP contribution in [0.1, 0.15) is 478 Å². The Bertz CT molecular complexity index is 2070. The molecule has 3 unspecified atom stereocenters. The summed E-state index contributed by atoms with van der Waals surface area (Å²) in [5.74, 6) is -0.500. The van der Waals surface area contributed by atoms with Gasteiger partial charge in [-0.1, -0.05) is 427 Å². The van der Waals surface area contributed by atoms with Gasteiger partial charge in [0.25, 0.3) is 0 Å². The molecular formula is C89H174O17P2. The maximum Gasteiger partial charge on any atom is 0.472 e. The van der Waals surface area contributed by atoms with Crippen LogP contribution in [-0.4, -0.2) is 96.7 Å². The first-order valence-electron chi connectivity index (χ1n) is 46.0. The fraction of sp³-hybridized carbons (Fsp3) is 0.955. The number of hydrogen-bond acceptors (Lipinski definition) is 15. The van der Waals surface area contributed by atoms with Crippen molar-refractivity contribution in [2.45, 2.75) is 496 Å². The molecule has 0 fully saturated rings. The van der Waals surface area contributed by atoms with Crippen molar-refractivity contribution in [1.29, 1.82) is 0 Å². The van der Waals surface area contributed by atoms with Crippen molar-refractivity contribution >= 4 is 39.5 Å². The molecule has 19 heteroatoms. The monoisotopic (exact) mass is 1580 g/mol. The van der Waals surface area contributed by atoms with Crippen molar-refractivity contribution in [2.24, 2.45) is 11.8 Å². The second kappa shape index (κ2) is 80.3. The zero-order valence-corrected chi connectivity index (χ0v) is 73.0. The Hall–Kier alpha value is -1.94.